The maximum atomic E-state index is 13.2. The number of benzene rings is 1. The van der Waals surface area contributed by atoms with Gasteiger partial charge in [-0.15, -0.1) is 0 Å². The van der Waals surface area contributed by atoms with E-state index in [-0.39, 0.29) is 16.1 Å². The molecule has 1 saturated heterocycles. The topological polar surface area (TPSA) is 67.2 Å². The molecule has 1 aliphatic rings. The number of aromatic nitrogens is 2. The lowest BCUT2D eigenvalue weighted by molar-refractivity contribution is -0.143. The number of carbonyl (C=O) groups is 1. The van der Waals surface area contributed by atoms with E-state index in [1.165, 1.54) is 0 Å². The van der Waals surface area contributed by atoms with Gasteiger partial charge in [-0.3, -0.25) is 9.59 Å². The zero-order valence-corrected chi connectivity index (χ0v) is 16.9. The number of pyridine rings is 1. The molecule has 0 saturated carbocycles. The van der Waals surface area contributed by atoms with Crippen LogP contribution in [0.2, 0.25) is 0 Å². The lowest BCUT2D eigenvalue weighted by Crippen LogP contribution is -2.43. The van der Waals surface area contributed by atoms with Crippen molar-refractivity contribution in [2.24, 2.45) is 7.05 Å². The van der Waals surface area contributed by atoms with E-state index >= 15 is 0 Å². The van der Waals surface area contributed by atoms with E-state index in [4.69, 9.17) is 0 Å². The predicted molar refractivity (Wildman–Crippen MR) is 109 cm³/mol. The number of rotatable bonds is 4. The van der Waals surface area contributed by atoms with Crippen molar-refractivity contribution in [3.8, 4) is 0 Å². The van der Waals surface area contributed by atoms with E-state index in [1.54, 1.807) is 4.90 Å². The first-order chi connectivity index (χ1) is 14.3. The van der Waals surface area contributed by atoms with Crippen LogP contribution in [0.1, 0.15) is 24.1 Å². The van der Waals surface area contributed by atoms with Crippen molar-refractivity contribution in [3.63, 3.8) is 0 Å². The second-order valence-corrected chi connectivity index (χ2v) is 8.16. The van der Waals surface area contributed by atoms with Crippen LogP contribution in [-0.2, 0) is 24.6 Å². The number of alkyl halides is 3. The van der Waals surface area contributed by atoms with Crippen molar-refractivity contribution in [1.82, 2.24) is 14.9 Å². The molecule has 30 heavy (non-hydrogen) atoms. The van der Waals surface area contributed by atoms with Crippen LogP contribution in [0.15, 0.2) is 41.2 Å². The minimum Gasteiger partial charge on any atom is -0.350 e. The molecule has 4 rings (SSSR count). The van der Waals surface area contributed by atoms with E-state index in [2.05, 4.69) is 10.3 Å². The van der Waals surface area contributed by atoms with Crippen LogP contribution >= 0.6 is 11.3 Å². The van der Waals surface area contributed by atoms with Gasteiger partial charge >= 0.3 is 6.18 Å². The van der Waals surface area contributed by atoms with Gasteiger partial charge in [-0.05, 0) is 24.5 Å². The van der Waals surface area contributed by atoms with E-state index in [0.29, 0.717) is 29.2 Å². The first-order valence-electron chi connectivity index (χ1n) is 9.42. The van der Waals surface area contributed by atoms with Crippen molar-refractivity contribution in [2.45, 2.75) is 31.6 Å². The summed E-state index contributed by atoms with van der Waals surface area (Å²) in [6.45, 7) is 0.940. The minimum absolute atomic E-state index is 0.0131. The van der Waals surface area contributed by atoms with Crippen LogP contribution in [0.4, 0.5) is 18.3 Å². The Balaban J connectivity index is 1.60. The van der Waals surface area contributed by atoms with Crippen molar-refractivity contribution in [3.05, 3.63) is 58.0 Å². The Morgan fingerprint density at radius 3 is 2.73 bits per heavy atom. The van der Waals surface area contributed by atoms with Gasteiger partial charge in [0, 0.05) is 20.1 Å². The molecule has 158 valence electrons. The third-order valence-electron chi connectivity index (χ3n) is 5.18. The maximum Gasteiger partial charge on any atom is 0.431 e. The van der Waals surface area contributed by atoms with Crippen LogP contribution in [0.5, 0.6) is 0 Å². The predicted octanol–water partition coefficient (Wildman–Crippen LogP) is 3.30. The zero-order valence-electron chi connectivity index (χ0n) is 16.1. The molecule has 10 heteroatoms. The Kier molecular flexibility index (Phi) is 5.27. The SMILES string of the molecule is Cn1c(C(F)(F)F)cc2sc(N3CCCC3C(=O)NCc3ccccc3)nc2c1=O. The second-order valence-electron chi connectivity index (χ2n) is 7.16. The van der Waals surface area contributed by atoms with Crippen LogP contribution in [0.25, 0.3) is 10.2 Å². The van der Waals surface area contributed by atoms with Crippen molar-refractivity contribution >= 4 is 32.6 Å². The molecule has 2 aromatic heterocycles. The summed E-state index contributed by atoms with van der Waals surface area (Å²) >= 11 is 1.00. The fourth-order valence-electron chi connectivity index (χ4n) is 3.63. The van der Waals surface area contributed by atoms with E-state index in [1.807, 2.05) is 30.3 Å². The number of carbonyl (C=O) groups excluding carboxylic acids is 1. The fraction of sp³-hybridized carbons (Fsp3) is 0.350. The lowest BCUT2D eigenvalue weighted by atomic mass is 10.2. The third kappa shape index (κ3) is 3.79. The molecule has 1 aliphatic heterocycles. The maximum absolute atomic E-state index is 13.2. The largest absolute Gasteiger partial charge is 0.431 e. The highest BCUT2D eigenvalue weighted by molar-refractivity contribution is 7.22. The summed E-state index contributed by atoms with van der Waals surface area (Å²) in [5, 5.41) is 3.29. The number of halogens is 3. The molecule has 1 N–H and O–H groups in total. The molecule has 0 spiro atoms. The highest BCUT2D eigenvalue weighted by atomic mass is 32.1. The summed E-state index contributed by atoms with van der Waals surface area (Å²) in [6, 6.07) is 9.97. The van der Waals surface area contributed by atoms with Gasteiger partial charge in [-0.25, -0.2) is 4.98 Å². The van der Waals surface area contributed by atoms with Crippen LogP contribution in [-0.4, -0.2) is 28.0 Å². The Labute approximate surface area is 174 Å². The average Bonchev–Trinajstić information content (AvgIpc) is 3.35. The molecular weight excluding hydrogens is 417 g/mol. The molecule has 0 bridgehead atoms. The number of fused-ring (bicyclic) bond motifs is 1. The van der Waals surface area contributed by atoms with Crippen LogP contribution in [0.3, 0.4) is 0 Å². The summed E-state index contributed by atoms with van der Waals surface area (Å²) in [7, 11) is 1.08. The third-order valence-corrected chi connectivity index (χ3v) is 6.22. The summed E-state index contributed by atoms with van der Waals surface area (Å²) in [5.74, 6) is -0.167. The number of amides is 1. The molecule has 1 unspecified atom stereocenters. The molecule has 1 amide bonds. The average molecular weight is 436 g/mol. The van der Waals surface area contributed by atoms with Gasteiger partial charge in [0.05, 0.1) is 4.70 Å². The second kappa shape index (κ2) is 7.75. The van der Waals surface area contributed by atoms with Gasteiger partial charge < -0.3 is 14.8 Å². The van der Waals surface area contributed by atoms with Gasteiger partial charge in [0.25, 0.3) is 5.56 Å². The molecule has 0 aliphatic carbocycles. The van der Waals surface area contributed by atoms with Crippen molar-refractivity contribution in [1.29, 1.82) is 0 Å². The van der Waals surface area contributed by atoms with Gasteiger partial charge in [-0.1, -0.05) is 41.7 Å². The number of thiazole rings is 1. The Morgan fingerprint density at radius 1 is 1.30 bits per heavy atom. The first-order valence-corrected chi connectivity index (χ1v) is 10.2. The Bertz CT molecular complexity index is 1140. The molecule has 3 heterocycles. The van der Waals surface area contributed by atoms with Gasteiger partial charge in [-0.2, -0.15) is 13.2 Å². The Morgan fingerprint density at radius 2 is 2.03 bits per heavy atom. The van der Waals surface area contributed by atoms with Crippen molar-refractivity contribution < 1.29 is 18.0 Å². The fourth-order valence-corrected chi connectivity index (χ4v) is 4.70. The molecule has 1 aromatic carbocycles. The monoisotopic (exact) mass is 436 g/mol. The molecular formula is C20H19F3N4O2S. The highest BCUT2D eigenvalue weighted by Gasteiger charge is 2.36. The normalized spacial score (nSPS) is 16.9. The number of anilines is 1. The van der Waals surface area contributed by atoms with Gasteiger partial charge in [0.1, 0.15) is 17.3 Å². The molecule has 1 atom stereocenters. The van der Waals surface area contributed by atoms with Gasteiger partial charge in [0.15, 0.2) is 5.13 Å². The molecule has 1 fully saturated rings. The van der Waals surface area contributed by atoms with Crippen LogP contribution in [0, 0.1) is 0 Å². The van der Waals surface area contributed by atoms with Gasteiger partial charge in [0.2, 0.25) is 5.91 Å². The van der Waals surface area contributed by atoms with Crippen molar-refractivity contribution in [2.75, 3.05) is 11.4 Å². The standard InChI is InChI=1S/C20H19F3N4O2S/c1-26-15(20(21,22)23)10-14-16(18(26)29)25-19(30-14)27-9-5-8-13(27)17(28)24-11-12-6-3-2-4-7-12/h2-4,6-7,10,13H,5,8-9,11H2,1H3,(H,24,28). The molecule has 3 aromatic rings. The van der Waals surface area contributed by atoms with E-state index < -0.39 is 23.5 Å². The number of hydrogen-bond donors (Lipinski definition) is 1. The highest BCUT2D eigenvalue weighted by Crippen LogP contribution is 2.35. The minimum atomic E-state index is -4.64. The quantitative estimate of drug-likeness (QED) is 0.682. The summed E-state index contributed by atoms with van der Waals surface area (Å²) < 4.78 is 40.4. The van der Waals surface area contributed by atoms with E-state index in [9.17, 15) is 22.8 Å². The lowest BCUT2D eigenvalue weighted by Gasteiger charge is -2.23. The summed E-state index contributed by atoms with van der Waals surface area (Å²) in [4.78, 5) is 31.2. The molecule has 0 radical (unpaired) electrons. The summed E-state index contributed by atoms with van der Waals surface area (Å²) in [5.41, 5.74) is -0.861. The number of nitrogens with one attached hydrogen (secondary N) is 1. The number of hydrogen-bond acceptors (Lipinski definition) is 5. The first kappa shape index (κ1) is 20.4. The summed E-state index contributed by atoms with van der Waals surface area (Å²) in [6.07, 6.45) is -3.27. The number of nitrogens with zero attached hydrogens (tertiary/aromatic N) is 3. The Hall–Kier alpha value is -2.88. The molecule has 6 nitrogen and oxygen atoms in total. The zero-order chi connectivity index (χ0) is 21.5. The van der Waals surface area contributed by atoms with E-state index in [0.717, 1.165) is 36.4 Å². The smallest absolute Gasteiger partial charge is 0.350 e. The van der Waals surface area contributed by atoms with Crippen LogP contribution < -0.4 is 15.8 Å².